The predicted molar refractivity (Wildman–Crippen MR) is 123 cm³/mol. The third-order valence-electron chi connectivity index (χ3n) is 4.50. The summed E-state index contributed by atoms with van der Waals surface area (Å²) in [5.74, 6) is -0.805. The first-order valence-electron chi connectivity index (χ1n) is 9.65. The van der Waals surface area contributed by atoms with Gasteiger partial charge in [-0.1, -0.05) is 19.9 Å². The van der Waals surface area contributed by atoms with Crippen LogP contribution in [-0.2, 0) is 11.0 Å². The Kier molecular flexibility index (Phi) is 6.24. The van der Waals surface area contributed by atoms with Crippen LogP contribution in [-0.4, -0.2) is 19.2 Å². The number of nitrogens with two attached hydrogens (primary N) is 1. The van der Waals surface area contributed by atoms with Gasteiger partial charge in [0.05, 0.1) is 31.9 Å². The van der Waals surface area contributed by atoms with Crippen LogP contribution in [0.15, 0.2) is 59.6 Å². The maximum atomic E-state index is 14.5. The fourth-order valence-corrected chi connectivity index (χ4v) is 4.90. The molecule has 4 aromatic rings. The third kappa shape index (κ3) is 4.66. The number of nitrogens with zero attached hydrogens (tertiary/aromatic N) is 3. The van der Waals surface area contributed by atoms with Crippen LogP contribution in [0.5, 0.6) is 0 Å². The van der Waals surface area contributed by atoms with E-state index in [4.69, 9.17) is 10.7 Å². The molecule has 1 unspecified atom stereocenters. The monoisotopic (exact) mass is 471 g/mol. The molecule has 2 aromatic heterocycles. The van der Waals surface area contributed by atoms with Gasteiger partial charge in [0.15, 0.2) is 0 Å². The molecule has 0 saturated heterocycles. The van der Waals surface area contributed by atoms with Gasteiger partial charge in [0.25, 0.3) is 0 Å². The van der Waals surface area contributed by atoms with Gasteiger partial charge in [-0.2, -0.15) is 0 Å². The average Bonchev–Trinajstić information content (AvgIpc) is 3.21. The van der Waals surface area contributed by atoms with Crippen LogP contribution < -0.4 is 10.5 Å². The van der Waals surface area contributed by atoms with E-state index in [0.717, 1.165) is 16.0 Å². The second-order valence-corrected chi connectivity index (χ2v) is 9.45. The second kappa shape index (κ2) is 9.09. The van der Waals surface area contributed by atoms with Crippen LogP contribution in [0, 0.1) is 11.6 Å². The molecule has 0 radical (unpaired) electrons. The molecule has 1 atom stereocenters. The molecule has 0 aliphatic carbocycles. The molecule has 0 amide bonds. The average molecular weight is 472 g/mol. The summed E-state index contributed by atoms with van der Waals surface area (Å²) in [7, 11) is -1.85. The van der Waals surface area contributed by atoms with Gasteiger partial charge in [-0.15, -0.1) is 11.3 Å². The fourth-order valence-electron chi connectivity index (χ4n) is 2.95. The topological polar surface area (TPSA) is 93.8 Å². The van der Waals surface area contributed by atoms with Gasteiger partial charge in [0.2, 0.25) is 5.95 Å². The van der Waals surface area contributed by atoms with Gasteiger partial charge >= 0.3 is 0 Å². The molecule has 3 N–H and O–H groups in total. The standard InChI is InChI=1S/C22H19F2N5OS2/c1-12(2)21-28-19(20(31-21)17-8-9-26-22(25)27-17)13-6-7-16(24)18(10-13)29-32(30)15-5-3-4-14(23)11-15/h3-12,29H,1-2H3,(H2,25,26,27). The number of thiazole rings is 1. The molecule has 4 rings (SSSR count). The molecule has 0 saturated carbocycles. The largest absolute Gasteiger partial charge is 0.368 e. The van der Waals surface area contributed by atoms with Gasteiger partial charge in [-0.25, -0.2) is 27.9 Å². The molecule has 2 heterocycles. The predicted octanol–water partition coefficient (Wildman–Crippen LogP) is 5.39. The zero-order chi connectivity index (χ0) is 22.8. The number of anilines is 2. The van der Waals surface area contributed by atoms with Crippen molar-refractivity contribution in [3.8, 4) is 21.8 Å². The normalized spacial score (nSPS) is 12.2. The maximum Gasteiger partial charge on any atom is 0.220 e. The van der Waals surface area contributed by atoms with E-state index in [1.807, 2.05) is 13.8 Å². The molecule has 0 bridgehead atoms. The summed E-state index contributed by atoms with van der Waals surface area (Å²) in [6, 6.07) is 11.5. The second-order valence-electron chi connectivity index (χ2n) is 7.21. The lowest BCUT2D eigenvalue weighted by molar-refractivity contribution is 0.622. The quantitative estimate of drug-likeness (QED) is 0.393. The van der Waals surface area contributed by atoms with E-state index in [9.17, 15) is 13.0 Å². The molecule has 10 heteroatoms. The van der Waals surface area contributed by atoms with E-state index < -0.39 is 22.6 Å². The molecule has 32 heavy (non-hydrogen) atoms. The minimum atomic E-state index is -1.85. The Morgan fingerprint density at radius 1 is 1.09 bits per heavy atom. The molecule has 0 aliphatic rings. The van der Waals surface area contributed by atoms with Crippen molar-refractivity contribution >= 4 is 34.0 Å². The molecule has 0 fully saturated rings. The molecule has 0 aliphatic heterocycles. The van der Waals surface area contributed by atoms with E-state index in [-0.39, 0.29) is 22.4 Å². The number of nitrogens with one attached hydrogen (secondary N) is 1. The van der Waals surface area contributed by atoms with Crippen LogP contribution in [0.2, 0.25) is 0 Å². The summed E-state index contributed by atoms with van der Waals surface area (Å²) >= 11 is 1.47. The Hall–Kier alpha value is -3.24. The molecular weight excluding hydrogens is 452 g/mol. The van der Waals surface area contributed by atoms with Gasteiger partial charge in [0, 0.05) is 17.7 Å². The van der Waals surface area contributed by atoms with E-state index in [1.165, 1.54) is 41.7 Å². The molecule has 2 aromatic carbocycles. The van der Waals surface area contributed by atoms with Gasteiger partial charge in [-0.05, 0) is 42.5 Å². The van der Waals surface area contributed by atoms with Crippen LogP contribution in [0.25, 0.3) is 21.8 Å². The minimum absolute atomic E-state index is 0.0114. The first-order valence-corrected chi connectivity index (χ1v) is 11.6. The maximum absolute atomic E-state index is 14.5. The number of hydrogen-bond acceptors (Lipinski definition) is 6. The van der Waals surface area contributed by atoms with Crippen molar-refractivity contribution in [2.45, 2.75) is 24.7 Å². The number of hydrogen-bond donors (Lipinski definition) is 2. The fraction of sp³-hybridized carbons (Fsp3) is 0.136. The zero-order valence-electron chi connectivity index (χ0n) is 17.2. The van der Waals surface area contributed by atoms with Crippen LogP contribution in [0.3, 0.4) is 0 Å². The van der Waals surface area contributed by atoms with E-state index in [1.54, 1.807) is 18.3 Å². The Morgan fingerprint density at radius 3 is 2.62 bits per heavy atom. The summed E-state index contributed by atoms with van der Waals surface area (Å²) in [4.78, 5) is 13.9. The van der Waals surface area contributed by atoms with E-state index in [2.05, 4.69) is 14.7 Å². The summed E-state index contributed by atoms with van der Waals surface area (Å²) in [5.41, 5.74) is 7.60. The van der Waals surface area contributed by atoms with Crippen molar-refractivity contribution in [3.05, 3.63) is 71.4 Å². The number of nitrogen functional groups attached to an aromatic ring is 1. The van der Waals surface area contributed by atoms with Gasteiger partial charge in [-0.3, -0.25) is 4.72 Å². The SMILES string of the molecule is CC(C)c1nc(-c2ccc(F)c(NS(=O)c3cccc(F)c3)c2)c(-c2ccnc(N)n2)s1. The highest BCUT2D eigenvalue weighted by atomic mass is 32.2. The van der Waals surface area contributed by atoms with Gasteiger partial charge < -0.3 is 5.73 Å². The highest BCUT2D eigenvalue weighted by molar-refractivity contribution is 7.86. The third-order valence-corrected chi connectivity index (χ3v) is 6.96. The van der Waals surface area contributed by atoms with Crippen LogP contribution >= 0.6 is 11.3 Å². The lowest BCUT2D eigenvalue weighted by Gasteiger charge is -2.10. The van der Waals surface area contributed by atoms with Crippen molar-refractivity contribution in [3.63, 3.8) is 0 Å². The smallest absolute Gasteiger partial charge is 0.220 e. The number of rotatable bonds is 6. The molecule has 164 valence electrons. The zero-order valence-corrected chi connectivity index (χ0v) is 18.8. The Bertz CT molecular complexity index is 1310. The Balaban J connectivity index is 1.75. The summed E-state index contributed by atoms with van der Waals surface area (Å²) in [5, 5.41) is 0.884. The first-order chi connectivity index (χ1) is 15.3. The first kappa shape index (κ1) is 22.0. The number of aromatic nitrogens is 3. The summed E-state index contributed by atoms with van der Waals surface area (Å²) in [6.45, 7) is 4.06. The van der Waals surface area contributed by atoms with Crippen molar-refractivity contribution in [1.29, 1.82) is 0 Å². The van der Waals surface area contributed by atoms with Crippen LogP contribution in [0.4, 0.5) is 20.4 Å². The highest BCUT2D eigenvalue weighted by Gasteiger charge is 2.19. The highest BCUT2D eigenvalue weighted by Crippen LogP contribution is 2.39. The molecule has 6 nitrogen and oxygen atoms in total. The Labute approximate surface area is 190 Å². The van der Waals surface area contributed by atoms with Crippen LogP contribution in [0.1, 0.15) is 24.8 Å². The minimum Gasteiger partial charge on any atom is -0.368 e. The van der Waals surface area contributed by atoms with Crippen molar-refractivity contribution in [1.82, 2.24) is 15.0 Å². The van der Waals surface area contributed by atoms with Crippen molar-refractivity contribution < 1.29 is 13.0 Å². The lowest BCUT2D eigenvalue weighted by atomic mass is 10.1. The Morgan fingerprint density at radius 2 is 1.91 bits per heavy atom. The van der Waals surface area contributed by atoms with E-state index >= 15 is 0 Å². The summed E-state index contributed by atoms with van der Waals surface area (Å²) in [6.07, 6.45) is 1.57. The van der Waals surface area contributed by atoms with Gasteiger partial charge in [0.1, 0.15) is 22.6 Å². The van der Waals surface area contributed by atoms with Crippen molar-refractivity contribution in [2.75, 3.05) is 10.5 Å². The molecule has 0 spiro atoms. The molecular formula is C22H19F2N5OS2. The van der Waals surface area contributed by atoms with E-state index in [0.29, 0.717) is 17.0 Å². The van der Waals surface area contributed by atoms with Crippen molar-refractivity contribution in [2.24, 2.45) is 0 Å². The lowest BCUT2D eigenvalue weighted by Crippen LogP contribution is -2.06. The summed E-state index contributed by atoms with van der Waals surface area (Å²) < 4.78 is 43.2. The number of benzene rings is 2. The number of halogens is 2.